The Hall–Kier alpha value is -1.88. The highest BCUT2D eigenvalue weighted by Crippen LogP contribution is 2.23. The summed E-state index contributed by atoms with van der Waals surface area (Å²) in [4.78, 5) is 3.98. The molecule has 0 radical (unpaired) electrons. The Bertz CT molecular complexity index is 643. The van der Waals surface area contributed by atoms with Gasteiger partial charge in [0, 0.05) is 23.7 Å². The van der Waals surface area contributed by atoms with Crippen molar-refractivity contribution in [3.63, 3.8) is 0 Å². The largest absolute Gasteiger partial charge is 0.411 e. The molecular formula is C17H21N3OS. The molecule has 0 fully saturated rings. The molecule has 0 N–H and O–H groups in total. The van der Waals surface area contributed by atoms with E-state index in [1.165, 1.54) is 11.1 Å². The normalized spacial score (nSPS) is 11.5. The second-order valence-corrected chi connectivity index (χ2v) is 6.26. The van der Waals surface area contributed by atoms with Crippen LogP contribution in [0.2, 0.25) is 0 Å². The van der Waals surface area contributed by atoms with Gasteiger partial charge in [-0.1, -0.05) is 35.1 Å². The highest BCUT2D eigenvalue weighted by molar-refractivity contribution is 7.99. The van der Waals surface area contributed by atoms with E-state index in [-0.39, 0.29) is 0 Å². The van der Waals surface area contributed by atoms with Gasteiger partial charge < -0.3 is 4.42 Å². The molecule has 0 aliphatic heterocycles. The minimum absolute atomic E-state index is 0.536. The number of allylic oxidation sites excluding steroid dienone is 3. The average Bonchev–Trinajstić information content (AvgIpc) is 2.97. The van der Waals surface area contributed by atoms with Crippen LogP contribution in [0.25, 0.3) is 11.5 Å². The Kier molecular flexibility index (Phi) is 6.40. The Morgan fingerprint density at radius 3 is 2.64 bits per heavy atom. The van der Waals surface area contributed by atoms with Gasteiger partial charge in [0.25, 0.3) is 5.22 Å². The molecule has 2 aromatic heterocycles. The SMILES string of the molecule is CC(C)=CCC/C(C)=C\CSc1nnc(-c2ccncc2)o1. The monoisotopic (exact) mass is 315 g/mol. The van der Waals surface area contributed by atoms with Crippen molar-refractivity contribution in [3.8, 4) is 11.5 Å². The molecule has 0 bridgehead atoms. The number of rotatable bonds is 7. The highest BCUT2D eigenvalue weighted by atomic mass is 32.2. The Morgan fingerprint density at radius 1 is 1.14 bits per heavy atom. The second-order valence-electron chi connectivity index (χ2n) is 5.29. The number of aromatic nitrogens is 3. The van der Waals surface area contributed by atoms with Crippen molar-refractivity contribution in [1.82, 2.24) is 15.2 Å². The summed E-state index contributed by atoms with van der Waals surface area (Å²) in [6.07, 6.45) is 10.1. The summed E-state index contributed by atoms with van der Waals surface area (Å²) >= 11 is 1.56. The molecule has 0 saturated heterocycles. The quantitative estimate of drug-likeness (QED) is 0.536. The van der Waals surface area contributed by atoms with Crippen molar-refractivity contribution in [1.29, 1.82) is 0 Å². The molecule has 4 nitrogen and oxygen atoms in total. The van der Waals surface area contributed by atoms with Crippen LogP contribution in [0.4, 0.5) is 0 Å². The van der Waals surface area contributed by atoms with Crippen LogP contribution < -0.4 is 0 Å². The third kappa shape index (κ3) is 5.48. The van der Waals surface area contributed by atoms with Crippen LogP contribution in [-0.4, -0.2) is 20.9 Å². The van der Waals surface area contributed by atoms with Gasteiger partial charge in [-0.15, -0.1) is 10.2 Å². The van der Waals surface area contributed by atoms with Crippen molar-refractivity contribution >= 4 is 11.8 Å². The molecule has 2 heterocycles. The van der Waals surface area contributed by atoms with Crippen LogP contribution in [0, 0.1) is 0 Å². The Balaban J connectivity index is 1.82. The standard InChI is InChI=1S/C17H21N3OS/c1-13(2)5-4-6-14(3)9-12-22-17-20-19-16(21-17)15-7-10-18-11-8-15/h5,7-11H,4,6,12H2,1-3H3/b14-9-. The minimum atomic E-state index is 0.536. The predicted octanol–water partition coefficient (Wildman–Crippen LogP) is 4.92. The summed E-state index contributed by atoms with van der Waals surface area (Å²) < 4.78 is 5.64. The number of nitrogens with zero attached hydrogens (tertiary/aromatic N) is 3. The molecule has 0 amide bonds. The first-order valence-electron chi connectivity index (χ1n) is 7.31. The first-order valence-corrected chi connectivity index (χ1v) is 8.29. The molecule has 2 aromatic rings. The van der Waals surface area contributed by atoms with Crippen LogP contribution >= 0.6 is 11.8 Å². The van der Waals surface area contributed by atoms with Crippen LogP contribution in [0.5, 0.6) is 0 Å². The third-order valence-corrected chi connectivity index (χ3v) is 3.81. The first kappa shape index (κ1) is 16.5. The molecule has 5 heteroatoms. The lowest BCUT2D eigenvalue weighted by Crippen LogP contribution is -1.80. The molecule has 22 heavy (non-hydrogen) atoms. The van der Waals surface area contributed by atoms with Crippen molar-refractivity contribution < 1.29 is 4.42 Å². The van der Waals surface area contributed by atoms with E-state index in [1.54, 1.807) is 24.2 Å². The molecule has 0 atom stereocenters. The number of hydrogen-bond acceptors (Lipinski definition) is 5. The van der Waals surface area contributed by atoms with Crippen molar-refractivity contribution in [2.75, 3.05) is 5.75 Å². The molecule has 2 rings (SSSR count). The van der Waals surface area contributed by atoms with E-state index in [4.69, 9.17) is 4.42 Å². The fourth-order valence-electron chi connectivity index (χ4n) is 1.83. The zero-order valence-corrected chi connectivity index (χ0v) is 14.1. The Morgan fingerprint density at radius 2 is 1.91 bits per heavy atom. The van der Waals surface area contributed by atoms with Gasteiger partial charge in [0.1, 0.15) is 0 Å². The second kappa shape index (κ2) is 8.54. The van der Waals surface area contributed by atoms with Crippen LogP contribution in [-0.2, 0) is 0 Å². The molecular weight excluding hydrogens is 294 g/mol. The van der Waals surface area contributed by atoms with Crippen LogP contribution in [0.3, 0.4) is 0 Å². The van der Waals surface area contributed by atoms with E-state index < -0.39 is 0 Å². The summed E-state index contributed by atoms with van der Waals surface area (Å²) in [5, 5.41) is 8.72. The molecule has 0 saturated carbocycles. The summed E-state index contributed by atoms with van der Waals surface area (Å²) in [6, 6.07) is 3.71. The van der Waals surface area contributed by atoms with Gasteiger partial charge >= 0.3 is 0 Å². The van der Waals surface area contributed by atoms with Crippen LogP contribution in [0.1, 0.15) is 33.6 Å². The highest BCUT2D eigenvalue weighted by Gasteiger charge is 2.07. The van der Waals surface area contributed by atoms with E-state index >= 15 is 0 Å². The lowest BCUT2D eigenvalue weighted by atomic mass is 10.1. The fraction of sp³-hybridized carbons (Fsp3) is 0.353. The van der Waals surface area contributed by atoms with Gasteiger partial charge in [0.15, 0.2) is 0 Å². The minimum Gasteiger partial charge on any atom is -0.411 e. The van der Waals surface area contributed by atoms with Gasteiger partial charge in [-0.05, 0) is 45.7 Å². The number of thioether (sulfide) groups is 1. The maximum Gasteiger partial charge on any atom is 0.277 e. The lowest BCUT2D eigenvalue weighted by Gasteiger charge is -1.98. The van der Waals surface area contributed by atoms with E-state index in [1.807, 2.05) is 12.1 Å². The number of hydrogen-bond donors (Lipinski definition) is 0. The Labute approximate surface area is 135 Å². The molecule has 0 aromatic carbocycles. The summed E-state index contributed by atoms with van der Waals surface area (Å²) in [5.41, 5.74) is 3.65. The zero-order chi connectivity index (χ0) is 15.8. The van der Waals surface area contributed by atoms with Crippen molar-refractivity contribution in [3.05, 3.63) is 47.8 Å². The predicted molar refractivity (Wildman–Crippen MR) is 90.7 cm³/mol. The van der Waals surface area contributed by atoms with E-state index in [2.05, 4.69) is 48.1 Å². The van der Waals surface area contributed by atoms with Gasteiger partial charge in [-0.2, -0.15) is 0 Å². The lowest BCUT2D eigenvalue weighted by molar-refractivity contribution is 0.466. The maximum absolute atomic E-state index is 5.64. The van der Waals surface area contributed by atoms with Gasteiger partial charge in [-0.3, -0.25) is 4.98 Å². The average molecular weight is 315 g/mol. The summed E-state index contributed by atoms with van der Waals surface area (Å²) in [5.74, 6) is 1.38. The van der Waals surface area contributed by atoms with Crippen LogP contribution in [0.15, 0.2) is 57.5 Å². The molecule has 0 spiro atoms. The topological polar surface area (TPSA) is 51.8 Å². The third-order valence-electron chi connectivity index (χ3n) is 3.06. The van der Waals surface area contributed by atoms with E-state index in [0.29, 0.717) is 11.1 Å². The summed E-state index contributed by atoms with van der Waals surface area (Å²) in [7, 11) is 0. The smallest absolute Gasteiger partial charge is 0.277 e. The molecule has 116 valence electrons. The van der Waals surface area contributed by atoms with E-state index in [9.17, 15) is 0 Å². The molecule has 0 aliphatic rings. The molecule has 0 unspecified atom stereocenters. The first-order chi connectivity index (χ1) is 10.6. The number of pyridine rings is 1. The van der Waals surface area contributed by atoms with Gasteiger partial charge in [0.2, 0.25) is 5.89 Å². The van der Waals surface area contributed by atoms with E-state index in [0.717, 1.165) is 24.2 Å². The fourth-order valence-corrected chi connectivity index (χ4v) is 2.57. The molecule has 0 aliphatic carbocycles. The summed E-state index contributed by atoms with van der Waals surface area (Å²) in [6.45, 7) is 6.42. The van der Waals surface area contributed by atoms with Crippen molar-refractivity contribution in [2.45, 2.75) is 38.8 Å². The van der Waals surface area contributed by atoms with Gasteiger partial charge in [-0.25, -0.2) is 0 Å². The van der Waals surface area contributed by atoms with Crippen molar-refractivity contribution in [2.24, 2.45) is 0 Å². The zero-order valence-electron chi connectivity index (χ0n) is 13.2. The maximum atomic E-state index is 5.64. The van der Waals surface area contributed by atoms with Gasteiger partial charge in [0.05, 0.1) is 0 Å².